The molecule has 0 saturated heterocycles. The van der Waals surface area contributed by atoms with Crippen molar-refractivity contribution in [3.63, 3.8) is 0 Å². The van der Waals surface area contributed by atoms with Crippen molar-refractivity contribution in [2.24, 2.45) is 12.0 Å². The number of hydrogen-bond acceptors (Lipinski definition) is 4. The number of ether oxygens (including phenoxy) is 1. The number of benzene rings is 1. The monoisotopic (exact) mass is 370 g/mol. The zero-order valence-corrected chi connectivity index (χ0v) is 16.9. The maximum Gasteiger partial charge on any atom is 0.192 e. The van der Waals surface area contributed by atoms with Gasteiger partial charge in [-0.2, -0.15) is 0 Å². The Kier molecular flexibility index (Phi) is 7.40. The number of nitrogens with zero attached hydrogens (tertiary/aromatic N) is 4. The maximum atomic E-state index is 5.94. The fourth-order valence-electron chi connectivity index (χ4n) is 2.43. The van der Waals surface area contributed by atoms with Crippen molar-refractivity contribution in [3.8, 4) is 5.75 Å². The largest absolute Gasteiger partial charge is 0.491 e. The highest BCUT2D eigenvalue weighted by Crippen LogP contribution is 2.22. The van der Waals surface area contributed by atoms with Crippen LogP contribution in [0.15, 0.2) is 35.8 Å². The van der Waals surface area contributed by atoms with Crippen LogP contribution in [-0.4, -0.2) is 33.4 Å². The molecule has 7 heteroatoms. The van der Waals surface area contributed by atoms with Crippen LogP contribution in [0, 0.1) is 13.8 Å². The summed E-state index contributed by atoms with van der Waals surface area (Å²) in [5.41, 5.74) is 2.21. The van der Waals surface area contributed by atoms with E-state index < -0.39 is 0 Å². The van der Waals surface area contributed by atoms with E-state index in [0.717, 1.165) is 23.0 Å². The first-order valence-corrected chi connectivity index (χ1v) is 9.14. The predicted molar refractivity (Wildman–Crippen MR) is 109 cm³/mol. The van der Waals surface area contributed by atoms with Crippen molar-refractivity contribution in [1.82, 2.24) is 25.4 Å². The fraction of sp³-hybridized carbons (Fsp3) is 0.450. The Hall–Kier alpha value is -2.83. The molecule has 0 aliphatic carbocycles. The summed E-state index contributed by atoms with van der Waals surface area (Å²) in [6.07, 6.45) is 1.91. The van der Waals surface area contributed by atoms with Crippen LogP contribution in [-0.2, 0) is 20.1 Å². The van der Waals surface area contributed by atoms with Gasteiger partial charge in [0, 0.05) is 19.2 Å². The Morgan fingerprint density at radius 1 is 1.30 bits per heavy atom. The molecule has 0 saturated carbocycles. The number of aliphatic imine (C=N–C) groups is 1. The van der Waals surface area contributed by atoms with Gasteiger partial charge in [0.15, 0.2) is 11.8 Å². The first-order chi connectivity index (χ1) is 12.9. The van der Waals surface area contributed by atoms with E-state index in [4.69, 9.17) is 4.74 Å². The van der Waals surface area contributed by atoms with E-state index in [1.165, 1.54) is 5.56 Å². The number of guanidine groups is 1. The van der Waals surface area contributed by atoms with E-state index in [1.807, 2.05) is 32.4 Å². The summed E-state index contributed by atoms with van der Waals surface area (Å²) in [7, 11) is 1.95. The standard InChI is InChI=1S/C20H30N6O/c1-7-10-21-20(23-13-19-25-24-16(5)26(19)6)22-12-17-9-8-15(4)11-18(17)27-14(2)3/h7-9,11,14H,1,10,12-13H2,2-6H3,(H2,21,22,23). The van der Waals surface area contributed by atoms with E-state index in [0.29, 0.717) is 25.6 Å². The SMILES string of the molecule is C=CCNC(=NCc1ccc(C)cc1OC(C)C)NCc1nnc(C)n1C. The molecule has 0 spiro atoms. The number of aryl methyl sites for hydroxylation is 2. The lowest BCUT2D eigenvalue weighted by Crippen LogP contribution is -2.37. The fourth-order valence-corrected chi connectivity index (χ4v) is 2.43. The predicted octanol–water partition coefficient (Wildman–Crippen LogP) is 2.64. The molecule has 27 heavy (non-hydrogen) atoms. The van der Waals surface area contributed by atoms with Gasteiger partial charge in [-0.05, 0) is 39.3 Å². The molecule has 0 radical (unpaired) electrons. The van der Waals surface area contributed by atoms with Crippen LogP contribution in [0.3, 0.4) is 0 Å². The van der Waals surface area contributed by atoms with Gasteiger partial charge in [-0.1, -0.05) is 18.2 Å². The minimum atomic E-state index is 0.116. The van der Waals surface area contributed by atoms with Crippen LogP contribution in [0.2, 0.25) is 0 Å². The van der Waals surface area contributed by atoms with E-state index in [2.05, 4.69) is 57.5 Å². The lowest BCUT2D eigenvalue weighted by atomic mass is 10.1. The van der Waals surface area contributed by atoms with Gasteiger partial charge in [0.05, 0.1) is 19.2 Å². The third-order valence-corrected chi connectivity index (χ3v) is 4.00. The second-order valence-corrected chi connectivity index (χ2v) is 6.69. The molecule has 0 aliphatic rings. The molecule has 1 heterocycles. The summed E-state index contributed by atoms with van der Waals surface area (Å²) >= 11 is 0. The number of rotatable bonds is 8. The summed E-state index contributed by atoms with van der Waals surface area (Å²) in [6.45, 7) is 13.4. The normalized spacial score (nSPS) is 11.6. The molecule has 7 nitrogen and oxygen atoms in total. The molecule has 0 fully saturated rings. The number of aromatic nitrogens is 3. The summed E-state index contributed by atoms with van der Waals surface area (Å²) in [4.78, 5) is 4.69. The molecule has 0 aliphatic heterocycles. The highest BCUT2D eigenvalue weighted by molar-refractivity contribution is 5.79. The van der Waals surface area contributed by atoms with Crippen molar-refractivity contribution in [1.29, 1.82) is 0 Å². The van der Waals surface area contributed by atoms with Gasteiger partial charge < -0.3 is 19.9 Å². The van der Waals surface area contributed by atoms with Gasteiger partial charge in [-0.25, -0.2) is 4.99 Å². The highest BCUT2D eigenvalue weighted by atomic mass is 16.5. The van der Waals surface area contributed by atoms with E-state index in [9.17, 15) is 0 Å². The van der Waals surface area contributed by atoms with Gasteiger partial charge >= 0.3 is 0 Å². The van der Waals surface area contributed by atoms with Gasteiger partial charge in [-0.3, -0.25) is 0 Å². The first kappa shape index (κ1) is 20.5. The van der Waals surface area contributed by atoms with Crippen LogP contribution in [0.5, 0.6) is 5.75 Å². The molecular weight excluding hydrogens is 340 g/mol. The van der Waals surface area contributed by atoms with Crippen LogP contribution in [0.25, 0.3) is 0 Å². The molecular formula is C20H30N6O. The molecule has 0 atom stereocenters. The summed E-state index contributed by atoms with van der Waals surface area (Å²) < 4.78 is 7.89. The topological polar surface area (TPSA) is 76.4 Å². The van der Waals surface area contributed by atoms with Crippen molar-refractivity contribution in [2.75, 3.05) is 6.54 Å². The molecule has 1 aromatic heterocycles. The van der Waals surface area contributed by atoms with Crippen molar-refractivity contribution in [2.45, 2.75) is 46.9 Å². The third-order valence-electron chi connectivity index (χ3n) is 4.00. The van der Waals surface area contributed by atoms with Crippen molar-refractivity contribution >= 4 is 5.96 Å². The molecule has 2 rings (SSSR count). The highest BCUT2D eigenvalue weighted by Gasteiger charge is 2.08. The Labute approximate surface area is 161 Å². The first-order valence-electron chi connectivity index (χ1n) is 9.14. The van der Waals surface area contributed by atoms with Crippen molar-refractivity contribution in [3.05, 3.63) is 53.6 Å². The maximum absolute atomic E-state index is 5.94. The van der Waals surface area contributed by atoms with Crippen LogP contribution in [0.4, 0.5) is 0 Å². The molecule has 146 valence electrons. The van der Waals surface area contributed by atoms with Crippen molar-refractivity contribution < 1.29 is 4.74 Å². The minimum absolute atomic E-state index is 0.116. The van der Waals surface area contributed by atoms with E-state index in [1.54, 1.807) is 6.08 Å². The lowest BCUT2D eigenvalue weighted by Gasteiger charge is -2.15. The lowest BCUT2D eigenvalue weighted by molar-refractivity contribution is 0.240. The molecule has 1 aromatic carbocycles. The van der Waals surface area contributed by atoms with Gasteiger partial charge in [0.1, 0.15) is 11.6 Å². The molecule has 2 aromatic rings. The quantitative estimate of drug-likeness (QED) is 0.424. The second-order valence-electron chi connectivity index (χ2n) is 6.69. The summed E-state index contributed by atoms with van der Waals surface area (Å²) in [6, 6.07) is 6.19. The van der Waals surface area contributed by atoms with Crippen LogP contribution in [0.1, 0.15) is 36.6 Å². The molecule has 0 unspecified atom stereocenters. The van der Waals surface area contributed by atoms with Gasteiger partial charge in [0.25, 0.3) is 0 Å². The average molecular weight is 371 g/mol. The number of hydrogen-bond donors (Lipinski definition) is 2. The molecule has 0 amide bonds. The Balaban J connectivity index is 2.12. The summed E-state index contributed by atoms with van der Waals surface area (Å²) in [5, 5.41) is 14.8. The molecule has 0 bridgehead atoms. The Morgan fingerprint density at radius 3 is 2.70 bits per heavy atom. The third kappa shape index (κ3) is 6.13. The smallest absolute Gasteiger partial charge is 0.192 e. The summed E-state index contributed by atoms with van der Waals surface area (Å²) in [5.74, 6) is 3.28. The van der Waals surface area contributed by atoms with Crippen LogP contribution >= 0.6 is 0 Å². The minimum Gasteiger partial charge on any atom is -0.491 e. The average Bonchev–Trinajstić information content (AvgIpc) is 2.94. The van der Waals surface area contributed by atoms with Crippen LogP contribution < -0.4 is 15.4 Å². The zero-order valence-electron chi connectivity index (χ0n) is 16.9. The zero-order chi connectivity index (χ0) is 19.8. The van der Waals surface area contributed by atoms with Gasteiger partial charge in [0.2, 0.25) is 0 Å². The Morgan fingerprint density at radius 2 is 2.07 bits per heavy atom. The van der Waals surface area contributed by atoms with E-state index >= 15 is 0 Å². The van der Waals surface area contributed by atoms with Gasteiger partial charge in [-0.15, -0.1) is 16.8 Å². The second kappa shape index (κ2) is 9.75. The Bertz CT molecular complexity index is 794. The molecule has 2 N–H and O–H groups in total. The number of nitrogens with one attached hydrogen (secondary N) is 2. The van der Waals surface area contributed by atoms with E-state index in [-0.39, 0.29) is 6.10 Å².